The van der Waals surface area contributed by atoms with Crippen molar-refractivity contribution >= 4 is 11.9 Å². The Kier molecular flexibility index (Phi) is 5.39. The molecule has 2 fully saturated rings. The van der Waals surface area contributed by atoms with E-state index < -0.39 is 5.54 Å². The summed E-state index contributed by atoms with van der Waals surface area (Å²) >= 11 is 0. The largest absolute Gasteiger partial charge is 0.325 e. The number of hydrogen-bond donors (Lipinski definition) is 1. The summed E-state index contributed by atoms with van der Waals surface area (Å²) in [5.74, 6) is -0.120. The van der Waals surface area contributed by atoms with Gasteiger partial charge in [-0.05, 0) is 32.4 Å². The van der Waals surface area contributed by atoms with E-state index in [1.807, 2.05) is 6.07 Å². The number of hydrogen-bond acceptors (Lipinski definition) is 4. The Morgan fingerprint density at radius 3 is 2.20 bits per heavy atom. The molecule has 0 aliphatic carbocycles. The molecule has 2 saturated heterocycles. The molecule has 0 atom stereocenters. The first-order chi connectivity index (χ1) is 12.0. The summed E-state index contributed by atoms with van der Waals surface area (Å²) in [6.07, 6.45) is 0.827. The minimum Gasteiger partial charge on any atom is -0.324 e. The van der Waals surface area contributed by atoms with Crippen LogP contribution in [0.3, 0.4) is 0 Å². The Labute approximate surface area is 149 Å². The fourth-order valence-corrected chi connectivity index (χ4v) is 3.49. The average molecular weight is 344 g/mol. The zero-order valence-corrected chi connectivity index (χ0v) is 15.2. The van der Waals surface area contributed by atoms with Crippen LogP contribution in [0.5, 0.6) is 0 Å². The molecule has 1 aromatic rings. The van der Waals surface area contributed by atoms with Gasteiger partial charge in [0.2, 0.25) is 0 Å². The molecule has 0 bridgehead atoms. The second-order valence-corrected chi connectivity index (χ2v) is 7.47. The van der Waals surface area contributed by atoms with E-state index in [0.717, 1.165) is 45.7 Å². The first-order valence-electron chi connectivity index (χ1n) is 9.08. The van der Waals surface area contributed by atoms with E-state index in [1.165, 1.54) is 10.5 Å². The van der Waals surface area contributed by atoms with Crippen LogP contribution in [0, 0.1) is 0 Å². The van der Waals surface area contributed by atoms with Crippen molar-refractivity contribution in [3.63, 3.8) is 0 Å². The van der Waals surface area contributed by atoms with E-state index in [-0.39, 0.29) is 11.9 Å². The second-order valence-electron chi connectivity index (χ2n) is 7.47. The molecular weight excluding hydrogens is 316 g/mol. The maximum absolute atomic E-state index is 12.2. The Hall–Kier alpha value is -1.92. The Bertz CT molecular complexity index is 609. The lowest BCUT2D eigenvalue weighted by Crippen LogP contribution is -2.46. The Balaban J connectivity index is 1.37. The first-order valence-corrected chi connectivity index (χ1v) is 9.08. The molecule has 2 aliphatic rings. The predicted octanol–water partition coefficient (Wildman–Crippen LogP) is 1.52. The monoisotopic (exact) mass is 344 g/mol. The summed E-state index contributed by atoms with van der Waals surface area (Å²) in [6.45, 7) is 10.1. The quantitative estimate of drug-likeness (QED) is 0.795. The van der Waals surface area contributed by atoms with Gasteiger partial charge in [0.15, 0.2) is 0 Å². The van der Waals surface area contributed by atoms with Crippen LogP contribution in [-0.2, 0) is 11.3 Å². The average Bonchev–Trinajstić information content (AvgIpc) is 2.79. The van der Waals surface area contributed by atoms with Crippen LogP contribution in [0.1, 0.15) is 25.8 Å². The van der Waals surface area contributed by atoms with Crippen molar-refractivity contribution in [1.82, 2.24) is 20.0 Å². The van der Waals surface area contributed by atoms with Gasteiger partial charge in [-0.25, -0.2) is 4.79 Å². The molecule has 2 aliphatic heterocycles. The maximum Gasteiger partial charge on any atom is 0.325 e. The fraction of sp³-hybridized carbons (Fsp3) is 0.579. The Morgan fingerprint density at radius 2 is 1.60 bits per heavy atom. The highest BCUT2D eigenvalue weighted by atomic mass is 16.2. The summed E-state index contributed by atoms with van der Waals surface area (Å²) in [7, 11) is 0. The van der Waals surface area contributed by atoms with Gasteiger partial charge in [0, 0.05) is 39.3 Å². The highest BCUT2D eigenvalue weighted by Crippen LogP contribution is 2.17. The highest BCUT2D eigenvalue weighted by Gasteiger charge is 2.43. The number of piperazine rings is 1. The van der Waals surface area contributed by atoms with Crippen LogP contribution >= 0.6 is 0 Å². The number of nitrogens with zero attached hydrogens (tertiary/aromatic N) is 3. The van der Waals surface area contributed by atoms with Crippen LogP contribution in [-0.4, -0.2) is 71.4 Å². The van der Waals surface area contributed by atoms with Crippen LogP contribution in [0.25, 0.3) is 0 Å². The minimum atomic E-state index is -0.764. The van der Waals surface area contributed by atoms with Gasteiger partial charge < -0.3 is 10.2 Å². The smallest absolute Gasteiger partial charge is 0.324 e. The summed E-state index contributed by atoms with van der Waals surface area (Å²) in [6, 6.07) is 10.3. The highest BCUT2D eigenvalue weighted by molar-refractivity contribution is 6.06. The van der Waals surface area contributed by atoms with Crippen molar-refractivity contribution in [1.29, 1.82) is 0 Å². The van der Waals surface area contributed by atoms with Crippen molar-refractivity contribution in [2.45, 2.75) is 32.4 Å². The molecule has 1 aromatic carbocycles. The summed E-state index contributed by atoms with van der Waals surface area (Å²) < 4.78 is 0. The number of urea groups is 1. The van der Waals surface area contributed by atoms with Gasteiger partial charge in [-0.15, -0.1) is 0 Å². The third-order valence-corrected chi connectivity index (χ3v) is 5.01. The molecule has 2 heterocycles. The Morgan fingerprint density at radius 1 is 0.960 bits per heavy atom. The number of benzene rings is 1. The van der Waals surface area contributed by atoms with Crippen molar-refractivity contribution in [2.75, 3.05) is 39.3 Å². The van der Waals surface area contributed by atoms with Gasteiger partial charge >= 0.3 is 6.03 Å². The third kappa shape index (κ3) is 4.38. The minimum absolute atomic E-state index is 0.120. The zero-order chi connectivity index (χ0) is 17.9. The first kappa shape index (κ1) is 17.9. The van der Waals surface area contributed by atoms with E-state index in [1.54, 1.807) is 13.8 Å². The predicted molar refractivity (Wildman–Crippen MR) is 97.1 cm³/mol. The van der Waals surface area contributed by atoms with Gasteiger partial charge in [-0.1, -0.05) is 30.3 Å². The lowest BCUT2D eigenvalue weighted by molar-refractivity contribution is -0.130. The molecule has 0 spiro atoms. The van der Waals surface area contributed by atoms with E-state index in [4.69, 9.17) is 0 Å². The molecule has 6 nitrogen and oxygen atoms in total. The molecule has 0 aromatic heterocycles. The number of carbonyl (C=O) groups is 2. The number of imide groups is 1. The van der Waals surface area contributed by atoms with Gasteiger partial charge in [0.1, 0.15) is 5.54 Å². The van der Waals surface area contributed by atoms with Gasteiger partial charge in [0.05, 0.1) is 0 Å². The van der Waals surface area contributed by atoms with E-state index in [9.17, 15) is 9.59 Å². The lowest BCUT2D eigenvalue weighted by Gasteiger charge is -2.34. The number of carbonyl (C=O) groups excluding carboxylic acids is 2. The van der Waals surface area contributed by atoms with E-state index >= 15 is 0 Å². The summed E-state index contributed by atoms with van der Waals surface area (Å²) in [5.41, 5.74) is 0.595. The van der Waals surface area contributed by atoms with Crippen LogP contribution in [0.15, 0.2) is 30.3 Å². The van der Waals surface area contributed by atoms with Crippen LogP contribution in [0.4, 0.5) is 4.79 Å². The molecule has 0 unspecified atom stereocenters. The molecule has 136 valence electrons. The van der Waals surface area contributed by atoms with Gasteiger partial charge in [0.25, 0.3) is 5.91 Å². The molecular formula is C19H28N4O2. The molecule has 0 saturated carbocycles. The third-order valence-electron chi connectivity index (χ3n) is 5.01. The number of nitrogens with one attached hydrogen (secondary N) is 1. The number of rotatable bonds is 6. The van der Waals surface area contributed by atoms with E-state index in [2.05, 4.69) is 39.4 Å². The molecule has 25 heavy (non-hydrogen) atoms. The topological polar surface area (TPSA) is 55.9 Å². The lowest BCUT2D eigenvalue weighted by atomic mass is 10.1. The molecule has 1 N–H and O–H groups in total. The van der Waals surface area contributed by atoms with Crippen molar-refractivity contribution in [2.24, 2.45) is 0 Å². The SMILES string of the molecule is CC1(C)NC(=O)N(CCCN2CCN(Cc3ccccc3)CC2)C1=O. The van der Waals surface area contributed by atoms with Crippen LogP contribution in [0.2, 0.25) is 0 Å². The second kappa shape index (κ2) is 7.54. The fourth-order valence-electron chi connectivity index (χ4n) is 3.49. The summed E-state index contributed by atoms with van der Waals surface area (Å²) in [5, 5.41) is 2.73. The normalized spacial score (nSPS) is 21.6. The number of amides is 3. The molecule has 6 heteroatoms. The molecule has 3 rings (SSSR count). The summed E-state index contributed by atoms with van der Waals surface area (Å²) in [4.78, 5) is 30.3. The van der Waals surface area contributed by atoms with Gasteiger partial charge in [-0.3, -0.25) is 14.6 Å². The van der Waals surface area contributed by atoms with Gasteiger partial charge in [-0.2, -0.15) is 0 Å². The van der Waals surface area contributed by atoms with E-state index in [0.29, 0.717) is 6.54 Å². The van der Waals surface area contributed by atoms with Crippen LogP contribution < -0.4 is 5.32 Å². The van der Waals surface area contributed by atoms with Crippen molar-refractivity contribution < 1.29 is 9.59 Å². The molecule has 3 amide bonds. The maximum atomic E-state index is 12.2. The van der Waals surface area contributed by atoms with Crippen molar-refractivity contribution in [3.05, 3.63) is 35.9 Å². The molecule has 0 radical (unpaired) electrons. The zero-order valence-electron chi connectivity index (χ0n) is 15.2. The standard InChI is InChI=1S/C19H28N4O2/c1-19(2)17(24)23(18(25)20-19)10-6-9-21-11-13-22(14-12-21)15-16-7-4-3-5-8-16/h3-5,7-8H,6,9-15H2,1-2H3,(H,20,25). The van der Waals surface area contributed by atoms with Crippen molar-refractivity contribution in [3.8, 4) is 0 Å².